The van der Waals surface area contributed by atoms with Gasteiger partial charge in [0.2, 0.25) is 0 Å². The van der Waals surface area contributed by atoms with Crippen LogP contribution in [0.3, 0.4) is 0 Å². The van der Waals surface area contributed by atoms with Gasteiger partial charge in [-0.25, -0.2) is 0 Å². The maximum Gasteiger partial charge on any atom is 0.0862 e. The number of aryl methyl sites for hydroxylation is 1. The van der Waals surface area contributed by atoms with Gasteiger partial charge in [0, 0.05) is 19.0 Å². The van der Waals surface area contributed by atoms with Gasteiger partial charge >= 0.3 is 0 Å². The van der Waals surface area contributed by atoms with Crippen LogP contribution in [-0.2, 0) is 0 Å². The molecular formula is C10H13N3. The summed E-state index contributed by atoms with van der Waals surface area (Å²) in [7, 11) is 1.70. The average molecular weight is 175 g/mol. The van der Waals surface area contributed by atoms with Crippen molar-refractivity contribution >= 4 is 11.9 Å². The van der Waals surface area contributed by atoms with Crippen molar-refractivity contribution in [1.29, 1.82) is 0 Å². The minimum atomic E-state index is 0.634. The van der Waals surface area contributed by atoms with E-state index in [9.17, 15) is 0 Å². The summed E-state index contributed by atoms with van der Waals surface area (Å²) in [5.41, 5.74) is 8.14. The van der Waals surface area contributed by atoms with Crippen LogP contribution in [0.15, 0.2) is 29.3 Å². The summed E-state index contributed by atoms with van der Waals surface area (Å²) < 4.78 is 0. The summed E-state index contributed by atoms with van der Waals surface area (Å²) >= 11 is 0. The molecule has 1 aromatic heterocycles. The van der Waals surface area contributed by atoms with E-state index in [0.29, 0.717) is 5.70 Å². The normalized spacial score (nSPS) is 12.3. The Kier molecular flexibility index (Phi) is 3.20. The van der Waals surface area contributed by atoms with E-state index in [1.165, 1.54) is 0 Å². The van der Waals surface area contributed by atoms with Crippen LogP contribution >= 0.6 is 0 Å². The standard InChI is InChI=1S/C10H13N3/c1-8-4-3-5-10(13-8)9(11)6-7-12-2/h3-7H,11H2,1-2H3. The molecule has 0 fully saturated rings. The molecule has 1 aromatic rings. The largest absolute Gasteiger partial charge is 0.397 e. The lowest BCUT2D eigenvalue weighted by molar-refractivity contribution is 1.16. The monoisotopic (exact) mass is 175 g/mol. The van der Waals surface area contributed by atoms with Crippen molar-refractivity contribution in [2.45, 2.75) is 6.92 Å². The molecule has 2 N–H and O–H groups in total. The number of nitrogens with two attached hydrogens (primary N) is 1. The Hall–Kier alpha value is -1.64. The molecule has 0 aliphatic carbocycles. The Labute approximate surface area is 78.0 Å². The van der Waals surface area contributed by atoms with E-state index in [2.05, 4.69) is 9.98 Å². The summed E-state index contributed by atoms with van der Waals surface area (Å²) in [6.07, 6.45) is 3.39. The molecule has 0 radical (unpaired) electrons. The summed E-state index contributed by atoms with van der Waals surface area (Å²) in [6.45, 7) is 1.94. The van der Waals surface area contributed by atoms with E-state index in [-0.39, 0.29) is 0 Å². The number of nitrogens with zero attached hydrogens (tertiary/aromatic N) is 2. The van der Waals surface area contributed by atoms with Gasteiger partial charge in [0.15, 0.2) is 0 Å². The first-order valence-corrected chi connectivity index (χ1v) is 4.06. The van der Waals surface area contributed by atoms with Crippen molar-refractivity contribution in [1.82, 2.24) is 4.98 Å². The van der Waals surface area contributed by atoms with Gasteiger partial charge in [0.25, 0.3) is 0 Å². The summed E-state index contributed by atoms with van der Waals surface area (Å²) in [6, 6.07) is 5.74. The highest BCUT2D eigenvalue weighted by Crippen LogP contribution is 2.04. The highest BCUT2D eigenvalue weighted by atomic mass is 14.8. The minimum absolute atomic E-state index is 0.634. The number of hydrogen-bond acceptors (Lipinski definition) is 3. The molecule has 0 bridgehead atoms. The number of aromatic nitrogens is 1. The molecule has 1 rings (SSSR count). The van der Waals surface area contributed by atoms with Crippen LogP contribution in [0.4, 0.5) is 0 Å². The molecule has 0 atom stereocenters. The van der Waals surface area contributed by atoms with Crippen LogP contribution in [0.1, 0.15) is 11.4 Å². The van der Waals surface area contributed by atoms with Crippen molar-refractivity contribution < 1.29 is 0 Å². The van der Waals surface area contributed by atoms with Gasteiger partial charge in [0.05, 0.1) is 11.4 Å². The predicted molar refractivity (Wildman–Crippen MR) is 55.6 cm³/mol. The third-order valence-electron chi connectivity index (χ3n) is 1.59. The summed E-state index contributed by atoms with van der Waals surface area (Å²) in [5.74, 6) is 0. The molecule has 13 heavy (non-hydrogen) atoms. The van der Waals surface area contributed by atoms with Crippen molar-refractivity contribution in [3.63, 3.8) is 0 Å². The van der Waals surface area contributed by atoms with Crippen LogP contribution in [0, 0.1) is 6.92 Å². The van der Waals surface area contributed by atoms with E-state index in [1.54, 1.807) is 19.3 Å². The Bertz CT molecular complexity index is 340. The van der Waals surface area contributed by atoms with Crippen LogP contribution in [0.5, 0.6) is 0 Å². The Morgan fingerprint density at radius 3 is 2.92 bits per heavy atom. The number of hydrogen-bond donors (Lipinski definition) is 1. The quantitative estimate of drug-likeness (QED) is 0.690. The van der Waals surface area contributed by atoms with Gasteiger partial charge in [-0.05, 0) is 25.1 Å². The predicted octanol–water partition coefficient (Wildman–Crippen LogP) is 1.39. The summed E-state index contributed by atoms with van der Waals surface area (Å²) in [5, 5.41) is 0. The molecule has 0 amide bonds. The second kappa shape index (κ2) is 4.40. The fourth-order valence-electron chi connectivity index (χ4n) is 0.944. The third kappa shape index (κ3) is 2.71. The molecule has 3 heteroatoms. The average Bonchev–Trinajstić information content (AvgIpc) is 2.14. The maximum absolute atomic E-state index is 5.76. The fourth-order valence-corrected chi connectivity index (χ4v) is 0.944. The topological polar surface area (TPSA) is 51.3 Å². The number of aliphatic imine (C=N–C) groups is 1. The van der Waals surface area contributed by atoms with E-state index in [4.69, 9.17) is 5.73 Å². The molecular weight excluding hydrogens is 162 g/mol. The van der Waals surface area contributed by atoms with Crippen molar-refractivity contribution in [2.75, 3.05) is 7.05 Å². The molecule has 0 aromatic carbocycles. The van der Waals surface area contributed by atoms with Gasteiger partial charge < -0.3 is 5.73 Å². The number of pyridine rings is 1. The second-order valence-corrected chi connectivity index (χ2v) is 2.69. The molecule has 0 saturated heterocycles. The lowest BCUT2D eigenvalue weighted by Crippen LogP contribution is -2.00. The highest BCUT2D eigenvalue weighted by Gasteiger charge is 1.95. The van der Waals surface area contributed by atoms with Gasteiger partial charge in [-0.15, -0.1) is 0 Å². The van der Waals surface area contributed by atoms with Crippen LogP contribution in [0.2, 0.25) is 0 Å². The first kappa shape index (κ1) is 9.45. The molecule has 3 nitrogen and oxygen atoms in total. The second-order valence-electron chi connectivity index (χ2n) is 2.69. The van der Waals surface area contributed by atoms with Gasteiger partial charge in [-0.3, -0.25) is 9.98 Å². The Morgan fingerprint density at radius 2 is 2.31 bits per heavy atom. The molecule has 1 heterocycles. The summed E-state index contributed by atoms with van der Waals surface area (Å²) in [4.78, 5) is 8.09. The van der Waals surface area contributed by atoms with Crippen molar-refractivity contribution in [3.05, 3.63) is 35.7 Å². The smallest absolute Gasteiger partial charge is 0.0862 e. The van der Waals surface area contributed by atoms with E-state index < -0.39 is 0 Å². The first-order chi connectivity index (χ1) is 6.24. The van der Waals surface area contributed by atoms with Crippen LogP contribution < -0.4 is 5.73 Å². The molecule has 68 valence electrons. The highest BCUT2D eigenvalue weighted by molar-refractivity contribution is 5.82. The van der Waals surface area contributed by atoms with Gasteiger partial charge in [-0.2, -0.15) is 0 Å². The molecule has 0 saturated carbocycles. The van der Waals surface area contributed by atoms with Crippen molar-refractivity contribution in [2.24, 2.45) is 10.7 Å². The fraction of sp³-hybridized carbons (Fsp3) is 0.200. The van der Waals surface area contributed by atoms with E-state index >= 15 is 0 Å². The van der Waals surface area contributed by atoms with Gasteiger partial charge in [-0.1, -0.05) is 6.07 Å². The zero-order valence-corrected chi connectivity index (χ0v) is 7.86. The zero-order valence-electron chi connectivity index (χ0n) is 7.86. The number of allylic oxidation sites excluding steroid dienone is 1. The lowest BCUT2D eigenvalue weighted by atomic mass is 10.2. The van der Waals surface area contributed by atoms with Gasteiger partial charge in [0.1, 0.15) is 0 Å². The maximum atomic E-state index is 5.76. The van der Waals surface area contributed by atoms with E-state index in [1.807, 2.05) is 25.1 Å². The minimum Gasteiger partial charge on any atom is -0.397 e. The third-order valence-corrected chi connectivity index (χ3v) is 1.59. The first-order valence-electron chi connectivity index (χ1n) is 4.06. The number of rotatable bonds is 2. The van der Waals surface area contributed by atoms with Crippen LogP contribution in [0.25, 0.3) is 5.70 Å². The molecule has 0 unspecified atom stereocenters. The van der Waals surface area contributed by atoms with E-state index in [0.717, 1.165) is 11.4 Å². The Balaban J connectivity index is 2.94. The van der Waals surface area contributed by atoms with Crippen LogP contribution in [-0.4, -0.2) is 18.2 Å². The zero-order chi connectivity index (χ0) is 9.68. The SMILES string of the molecule is CN=CC=C(N)c1cccc(C)n1. The molecule has 0 aliphatic heterocycles. The molecule has 0 spiro atoms. The molecule has 0 aliphatic rings. The van der Waals surface area contributed by atoms with Crippen molar-refractivity contribution in [3.8, 4) is 0 Å². The lowest BCUT2D eigenvalue weighted by Gasteiger charge is -1.99. The Morgan fingerprint density at radius 1 is 1.54 bits per heavy atom.